The lowest BCUT2D eigenvalue weighted by Gasteiger charge is -2.26. The van der Waals surface area contributed by atoms with Crippen molar-refractivity contribution >= 4 is 23.8 Å². The highest BCUT2D eigenvalue weighted by Crippen LogP contribution is 2.17. The van der Waals surface area contributed by atoms with Gasteiger partial charge < -0.3 is 10.2 Å². The molecule has 0 saturated carbocycles. The number of carbonyl (C=O) groups is 4. The number of imide groups is 1. The molecule has 228 valence electrons. The van der Waals surface area contributed by atoms with E-state index < -0.39 is 36.2 Å². The fourth-order valence-corrected chi connectivity index (χ4v) is 5.06. The van der Waals surface area contributed by atoms with Crippen molar-refractivity contribution in [1.82, 2.24) is 4.90 Å². The summed E-state index contributed by atoms with van der Waals surface area (Å²) in [6.45, 7) is 4.43. The highest BCUT2D eigenvalue weighted by Gasteiger charge is 2.35. The molecule has 0 aromatic carbocycles. The van der Waals surface area contributed by atoms with Crippen LogP contribution in [-0.4, -0.2) is 44.9 Å². The molecule has 0 aromatic heterocycles. The van der Waals surface area contributed by atoms with Gasteiger partial charge in [0, 0.05) is 12.8 Å². The van der Waals surface area contributed by atoms with E-state index in [4.69, 9.17) is 0 Å². The van der Waals surface area contributed by atoms with Crippen molar-refractivity contribution in [2.45, 2.75) is 180 Å². The summed E-state index contributed by atoms with van der Waals surface area (Å²) in [6, 6.07) is -1.65. The summed E-state index contributed by atoms with van der Waals surface area (Å²) < 4.78 is 0. The second-order valence-electron chi connectivity index (χ2n) is 11.2. The molecule has 0 aliphatic carbocycles. The number of unbranched alkanes of at least 4 members (excludes halogenated alkanes) is 20. The first kappa shape index (κ1) is 37.1. The van der Waals surface area contributed by atoms with Gasteiger partial charge in [-0.05, 0) is 12.8 Å². The Kier molecular flexibility index (Phi) is 25.0. The first-order chi connectivity index (χ1) is 18.8. The standard InChI is InChI=1S/C32H59NO6/c1-3-5-7-9-11-13-15-17-19-21-23-25-29(34)33(28(32(38)39)27-31(36)37)30(35)26-24-22-20-18-16-14-12-10-8-6-4-2/h28H,3-27H2,1-2H3,(H,36,37)(H,38,39)/t28-/m0/s1. The third-order valence-electron chi connectivity index (χ3n) is 7.49. The second kappa shape index (κ2) is 26.3. The molecule has 2 N–H and O–H groups in total. The molecule has 2 amide bonds. The Morgan fingerprint density at radius 3 is 1.03 bits per heavy atom. The van der Waals surface area contributed by atoms with Crippen LogP contribution in [0.1, 0.15) is 174 Å². The van der Waals surface area contributed by atoms with E-state index in [9.17, 15) is 29.4 Å². The van der Waals surface area contributed by atoms with Gasteiger partial charge in [0.15, 0.2) is 0 Å². The Morgan fingerprint density at radius 1 is 0.487 bits per heavy atom. The summed E-state index contributed by atoms with van der Waals surface area (Å²) in [5.74, 6) is -3.91. The average Bonchev–Trinajstić information content (AvgIpc) is 2.89. The van der Waals surface area contributed by atoms with E-state index in [0.717, 1.165) is 43.4 Å². The van der Waals surface area contributed by atoms with Gasteiger partial charge in [-0.1, -0.05) is 142 Å². The van der Waals surface area contributed by atoms with Crippen molar-refractivity contribution in [2.75, 3.05) is 0 Å². The molecule has 0 saturated heterocycles. The third-order valence-corrected chi connectivity index (χ3v) is 7.49. The molecule has 0 fully saturated rings. The number of rotatable bonds is 28. The predicted octanol–water partition coefficient (Wildman–Crippen LogP) is 8.67. The molecule has 0 rings (SSSR count). The summed E-state index contributed by atoms with van der Waals surface area (Å²) in [5, 5.41) is 18.8. The Morgan fingerprint density at radius 2 is 0.769 bits per heavy atom. The van der Waals surface area contributed by atoms with Gasteiger partial charge in [0.1, 0.15) is 6.04 Å². The zero-order valence-electron chi connectivity index (χ0n) is 25.2. The van der Waals surface area contributed by atoms with Crippen molar-refractivity contribution in [3.8, 4) is 0 Å². The number of amides is 2. The number of hydrogen-bond donors (Lipinski definition) is 2. The minimum absolute atomic E-state index is 0.0738. The molecule has 7 heteroatoms. The summed E-state index contributed by atoms with van der Waals surface area (Å²) in [4.78, 5) is 49.6. The molecule has 0 bridgehead atoms. The van der Waals surface area contributed by atoms with Crippen molar-refractivity contribution in [3.05, 3.63) is 0 Å². The van der Waals surface area contributed by atoms with Crippen LogP contribution in [-0.2, 0) is 19.2 Å². The molecule has 0 aliphatic heterocycles. The van der Waals surface area contributed by atoms with E-state index in [-0.39, 0.29) is 12.8 Å². The van der Waals surface area contributed by atoms with Gasteiger partial charge in [-0.3, -0.25) is 19.3 Å². The Balaban J connectivity index is 4.44. The zero-order chi connectivity index (χ0) is 29.1. The van der Waals surface area contributed by atoms with Crippen molar-refractivity contribution < 1.29 is 29.4 Å². The number of carboxylic acids is 2. The lowest BCUT2D eigenvalue weighted by molar-refractivity contribution is -0.160. The van der Waals surface area contributed by atoms with Gasteiger partial charge in [0.05, 0.1) is 6.42 Å². The Bertz CT molecular complexity index is 613. The van der Waals surface area contributed by atoms with Crippen molar-refractivity contribution in [3.63, 3.8) is 0 Å². The number of hydrogen-bond acceptors (Lipinski definition) is 4. The summed E-state index contributed by atoms with van der Waals surface area (Å²) in [5.41, 5.74) is 0. The van der Waals surface area contributed by atoms with Crippen LogP contribution in [0, 0.1) is 0 Å². The zero-order valence-corrected chi connectivity index (χ0v) is 25.2. The highest BCUT2D eigenvalue weighted by atomic mass is 16.4. The number of nitrogens with zero attached hydrogens (tertiary/aromatic N) is 1. The smallest absolute Gasteiger partial charge is 0.327 e. The van der Waals surface area contributed by atoms with E-state index in [1.807, 2.05) is 0 Å². The van der Waals surface area contributed by atoms with E-state index in [0.29, 0.717) is 12.8 Å². The summed E-state index contributed by atoms with van der Waals surface area (Å²) >= 11 is 0. The minimum atomic E-state index is -1.65. The molecule has 0 aliphatic rings. The van der Waals surface area contributed by atoms with E-state index in [2.05, 4.69) is 13.8 Å². The Hall–Kier alpha value is -1.92. The van der Waals surface area contributed by atoms with Crippen LogP contribution in [0.25, 0.3) is 0 Å². The highest BCUT2D eigenvalue weighted by molar-refractivity contribution is 6.00. The van der Waals surface area contributed by atoms with Crippen molar-refractivity contribution in [1.29, 1.82) is 0 Å². The first-order valence-electron chi connectivity index (χ1n) is 16.1. The SMILES string of the molecule is CCCCCCCCCCCCCC(=O)N(C(=O)CCCCCCCCCCCCC)[C@@H](CC(=O)O)C(=O)O. The fraction of sp³-hybridized carbons (Fsp3) is 0.875. The molecule has 0 radical (unpaired) electrons. The molecule has 7 nitrogen and oxygen atoms in total. The lowest BCUT2D eigenvalue weighted by Crippen LogP contribution is -2.49. The molecule has 0 spiro atoms. The number of aliphatic carboxylic acids is 2. The van der Waals surface area contributed by atoms with Crippen LogP contribution < -0.4 is 0 Å². The molecule has 0 aromatic rings. The van der Waals surface area contributed by atoms with Crippen LogP contribution in [0.5, 0.6) is 0 Å². The largest absolute Gasteiger partial charge is 0.481 e. The minimum Gasteiger partial charge on any atom is -0.481 e. The van der Waals surface area contributed by atoms with Gasteiger partial charge in [0.25, 0.3) is 0 Å². The number of carboxylic acid groups (broad SMARTS) is 2. The van der Waals surface area contributed by atoms with Crippen molar-refractivity contribution in [2.24, 2.45) is 0 Å². The molecule has 1 atom stereocenters. The Labute approximate surface area is 238 Å². The van der Waals surface area contributed by atoms with Gasteiger partial charge >= 0.3 is 11.9 Å². The van der Waals surface area contributed by atoms with Gasteiger partial charge in [-0.15, -0.1) is 0 Å². The van der Waals surface area contributed by atoms with Crippen LogP contribution >= 0.6 is 0 Å². The summed E-state index contributed by atoms with van der Waals surface area (Å²) in [7, 11) is 0. The second-order valence-corrected chi connectivity index (χ2v) is 11.2. The van der Waals surface area contributed by atoms with Crippen LogP contribution in [0.15, 0.2) is 0 Å². The molecule has 0 unspecified atom stereocenters. The normalized spacial score (nSPS) is 11.8. The monoisotopic (exact) mass is 553 g/mol. The number of carbonyl (C=O) groups excluding carboxylic acids is 2. The van der Waals surface area contributed by atoms with Crippen LogP contribution in [0.4, 0.5) is 0 Å². The lowest BCUT2D eigenvalue weighted by atomic mass is 10.0. The van der Waals surface area contributed by atoms with Crippen LogP contribution in [0.2, 0.25) is 0 Å². The van der Waals surface area contributed by atoms with Gasteiger partial charge in [-0.2, -0.15) is 0 Å². The molecule has 39 heavy (non-hydrogen) atoms. The molecular weight excluding hydrogens is 494 g/mol. The van der Waals surface area contributed by atoms with E-state index >= 15 is 0 Å². The maximum atomic E-state index is 12.9. The fourth-order valence-electron chi connectivity index (χ4n) is 5.06. The topological polar surface area (TPSA) is 112 Å². The first-order valence-corrected chi connectivity index (χ1v) is 16.1. The van der Waals surface area contributed by atoms with Gasteiger partial charge in [-0.25, -0.2) is 4.79 Å². The summed E-state index contributed by atoms with van der Waals surface area (Å²) in [6.07, 6.45) is 24.2. The molecule has 0 heterocycles. The average molecular weight is 554 g/mol. The van der Waals surface area contributed by atoms with E-state index in [1.54, 1.807) is 0 Å². The van der Waals surface area contributed by atoms with Gasteiger partial charge in [0.2, 0.25) is 11.8 Å². The van der Waals surface area contributed by atoms with E-state index in [1.165, 1.54) is 89.9 Å². The third kappa shape index (κ3) is 21.6. The quantitative estimate of drug-likeness (QED) is 0.0937. The van der Waals surface area contributed by atoms with Crippen LogP contribution in [0.3, 0.4) is 0 Å². The predicted molar refractivity (Wildman–Crippen MR) is 158 cm³/mol. The maximum absolute atomic E-state index is 12.9. The maximum Gasteiger partial charge on any atom is 0.327 e. The molecular formula is C32H59NO6.